The normalized spacial score (nSPS) is 19.8. The average molecular weight is 397 g/mol. The molecule has 1 aromatic heterocycles. The fourth-order valence-electron chi connectivity index (χ4n) is 4.34. The molecule has 1 fully saturated rings. The number of halogens is 1. The fraction of sp³-hybridized carbons (Fsp3) is 0.522. The number of aryl methyl sites for hydroxylation is 1. The first kappa shape index (κ1) is 20.0. The number of carbonyl (C=O) groups excluding carboxylic acids is 1. The highest BCUT2D eigenvalue weighted by Gasteiger charge is 2.27. The first-order valence-electron chi connectivity index (χ1n) is 10.6. The van der Waals surface area contributed by atoms with E-state index in [1.54, 1.807) is 12.1 Å². The van der Waals surface area contributed by atoms with E-state index >= 15 is 0 Å². The number of likely N-dealkylation sites (tertiary alicyclic amines) is 1. The van der Waals surface area contributed by atoms with Crippen molar-refractivity contribution >= 4 is 5.91 Å². The second kappa shape index (κ2) is 8.99. The predicted molar refractivity (Wildman–Crippen MR) is 110 cm³/mol. The van der Waals surface area contributed by atoms with Gasteiger partial charge in [-0.15, -0.1) is 0 Å². The van der Waals surface area contributed by atoms with Gasteiger partial charge < -0.3 is 9.80 Å². The lowest BCUT2D eigenvalue weighted by molar-refractivity contribution is -0.132. The first-order valence-corrected chi connectivity index (χ1v) is 10.6. The van der Waals surface area contributed by atoms with Crippen LogP contribution in [-0.2, 0) is 24.2 Å². The number of nitrogens with zero attached hydrogens (tertiary/aromatic N) is 4. The van der Waals surface area contributed by atoms with Crippen LogP contribution >= 0.6 is 0 Å². The standard InChI is InChI=1S/C23H29FN4O/c1-27-13-11-21-19(15-27)14-25-23(26-21)18-5-3-12-28(16-18)22(29)6-2-4-17-7-9-20(24)10-8-17/h7-10,14,18H,2-6,11-13,15-16H2,1H3. The number of hydrogen-bond donors (Lipinski definition) is 0. The zero-order chi connectivity index (χ0) is 20.2. The van der Waals surface area contributed by atoms with Gasteiger partial charge in [-0.05, 0) is 50.4 Å². The molecule has 0 saturated carbocycles. The van der Waals surface area contributed by atoms with Crippen molar-refractivity contribution in [3.8, 4) is 0 Å². The summed E-state index contributed by atoms with van der Waals surface area (Å²) in [5.41, 5.74) is 3.48. The van der Waals surface area contributed by atoms with Crippen molar-refractivity contribution in [3.05, 3.63) is 58.9 Å². The molecule has 0 radical (unpaired) electrons. The molecule has 2 aliphatic rings. The Morgan fingerprint density at radius 2 is 2.07 bits per heavy atom. The summed E-state index contributed by atoms with van der Waals surface area (Å²) in [6.45, 7) is 3.49. The van der Waals surface area contributed by atoms with Crippen molar-refractivity contribution in [3.63, 3.8) is 0 Å². The SMILES string of the molecule is CN1CCc2nc(C3CCCN(C(=O)CCCc4ccc(F)cc4)C3)ncc2C1. The molecule has 3 heterocycles. The van der Waals surface area contributed by atoms with E-state index in [2.05, 4.69) is 16.9 Å². The van der Waals surface area contributed by atoms with Crippen molar-refractivity contribution in [2.24, 2.45) is 0 Å². The number of amides is 1. The minimum atomic E-state index is -0.222. The summed E-state index contributed by atoms with van der Waals surface area (Å²) in [5, 5.41) is 0. The van der Waals surface area contributed by atoms with E-state index in [0.717, 1.165) is 63.1 Å². The molecule has 1 atom stereocenters. The van der Waals surface area contributed by atoms with Crippen LogP contribution in [0.25, 0.3) is 0 Å². The van der Waals surface area contributed by atoms with Gasteiger partial charge in [0.1, 0.15) is 11.6 Å². The second-order valence-electron chi connectivity index (χ2n) is 8.35. The largest absolute Gasteiger partial charge is 0.342 e. The highest BCUT2D eigenvalue weighted by atomic mass is 19.1. The maximum atomic E-state index is 13.0. The minimum Gasteiger partial charge on any atom is -0.342 e. The third-order valence-corrected chi connectivity index (χ3v) is 6.05. The summed E-state index contributed by atoms with van der Waals surface area (Å²) < 4.78 is 13.0. The van der Waals surface area contributed by atoms with Gasteiger partial charge in [0.15, 0.2) is 0 Å². The van der Waals surface area contributed by atoms with E-state index in [0.29, 0.717) is 13.0 Å². The Morgan fingerprint density at radius 1 is 1.24 bits per heavy atom. The van der Waals surface area contributed by atoms with Crippen molar-refractivity contribution in [1.82, 2.24) is 19.8 Å². The van der Waals surface area contributed by atoms with Gasteiger partial charge in [0, 0.05) is 62.4 Å². The van der Waals surface area contributed by atoms with Crippen molar-refractivity contribution < 1.29 is 9.18 Å². The number of fused-ring (bicyclic) bond motifs is 1. The molecule has 2 aromatic rings. The van der Waals surface area contributed by atoms with Gasteiger partial charge in [-0.2, -0.15) is 0 Å². The number of carbonyl (C=O) groups is 1. The van der Waals surface area contributed by atoms with Gasteiger partial charge >= 0.3 is 0 Å². The third kappa shape index (κ3) is 4.99. The summed E-state index contributed by atoms with van der Waals surface area (Å²) in [6.07, 6.45) is 7.11. The van der Waals surface area contributed by atoms with Gasteiger partial charge in [-0.1, -0.05) is 12.1 Å². The highest BCUT2D eigenvalue weighted by molar-refractivity contribution is 5.76. The lowest BCUT2D eigenvalue weighted by Gasteiger charge is -2.33. The highest BCUT2D eigenvalue weighted by Crippen LogP contribution is 2.26. The Kier molecular flexibility index (Phi) is 6.19. The summed E-state index contributed by atoms with van der Waals surface area (Å²) in [4.78, 5) is 26.5. The molecule has 6 heteroatoms. The van der Waals surface area contributed by atoms with E-state index < -0.39 is 0 Å². The zero-order valence-corrected chi connectivity index (χ0v) is 17.1. The van der Waals surface area contributed by atoms with Crippen LogP contribution in [0.5, 0.6) is 0 Å². The molecule has 5 nitrogen and oxygen atoms in total. The molecule has 1 amide bonds. The quantitative estimate of drug-likeness (QED) is 0.778. The van der Waals surface area contributed by atoms with Crippen LogP contribution < -0.4 is 0 Å². The molecule has 1 aromatic carbocycles. The number of hydrogen-bond acceptors (Lipinski definition) is 4. The van der Waals surface area contributed by atoms with E-state index in [-0.39, 0.29) is 17.6 Å². The van der Waals surface area contributed by atoms with Crippen LogP contribution in [0, 0.1) is 5.82 Å². The van der Waals surface area contributed by atoms with Crippen LogP contribution in [0.4, 0.5) is 4.39 Å². The third-order valence-electron chi connectivity index (χ3n) is 6.05. The van der Waals surface area contributed by atoms with Crippen LogP contribution in [0.1, 0.15) is 54.2 Å². The number of piperidine rings is 1. The summed E-state index contributed by atoms with van der Waals surface area (Å²) >= 11 is 0. The number of likely N-dealkylation sites (N-methyl/N-ethyl adjacent to an activating group) is 1. The molecular formula is C23H29FN4O. The Bertz CT molecular complexity index is 854. The van der Waals surface area contributed by atoms with E-state index in [4.69, 9.17) is 4.98 Å². The summed E-state index contributed by atoms with van der Waals surface area (Å²) in [7, 11) is 2.12. The summed E-state index contributed by atoms with van der Waals surface area (Å²) in [5.74, 6) is 1.11. The van der Waals surface area contributed by atoms with Crippen LogP contribution in [0.2, 0.25) is 0 Å². The van der Waals surface area contributed by atoms with Gasteiger partial charge in [0.25, 0.3) is 0 Å². The molecule has 29 heavy (non-hydrogen) atoms. The van der Waals surface area contributed by atoms with E-state index in [1.807, 2.05) is 11.1 Å². The maximum absolute atomic E-state index is 13.0. The molecule has 0 spiro atoms. The Morgan fingerprint density at radius 3 is 2.90 bits per heavy atom. The molecular weight excluding hydrogens is 367 g/mol. The lowest BCUT2D eigenvalue weighted by Crippen LogP contribution is -2.39. The number of rotatable bonds is 5. The maximum Gasteiger partial charge on any atom is 0.222 e. The van der Waals surface area contributed by atoms with Crippen molar-refractivity contribution in [2.45, 2.75) is 51.0 Å². The predicted octanol–water partition coefficient (Wildman–Crippen LogP) is 3.33. The van der Waals surface area contributed by atoms with Crippen LogP contribution in [-0.4, -0.2) is 52.4 Å². The van der Waals surface area contributed by atoms with Gasteiger partial charge in [0.2, 0.25) is 5.91 Å². The molecule has 0 aliphatic carbocycles. The molecule has 4 rings (SSSR count). The molecule has 0 bridgehead atoms. The van der Waals surface area contributed by atoms with Gasteiger partial charge in [0.05, 0.1) is 0 Å². The molecule has 1 unspecified atom stereocenters. The average Bonchev–Trinajstić information content (AvgIpc) is 2.75. The van der Waals surface area contributed by atoms with E-state index in [9.17, 15) is 9.18 Å². The zero-order valence-electron chi connectivity index (χ0n) is 17.1. The van der Waals surface area contributed by atoms with Crippen LogP contribution in [0.15, 0.2) is 30.5 Å². The monoisotopic (exact) mass is 396 g/mol. The summed E-state index contributed by atoms with van der Waals surface area (Å²) in [6, 6.07) is 6.54. The molecule has 0 N–H and O–H groups in total. The molecule has 2 aliphatic heterocycles. The van der Waals surface area contributed by atoms with Gasteiger partial charge in [-0.3, -0.25) is 4.79 Å². The Balaban J connectivity index is 1.32. The van der Waals surface area contributed by atoms with Crippen LogP contribution in [0.3, 0.4) is 0 Å². The van der Waals surface area contributed by atoms with Gasteiger partial charge in [-0.25, -0.2) is 14.4 Å². The van der Waals surface area contributed by atoms with Crippen molar-refractivity contribution in [2.75, 3.05) is 26.7 Å². The second-order valence-corrected chi connectivity index (χ2v) is 8.35. The smallest absolute Gasteiger partial charge is 0.222 e. The minimum absolute atomic E-state index is 0.205. The molecule has 1 saturated heterocycles. The number of benzene rings is 1. The first-order chi connectivity index (χ1) is 14.1. The van der Waals surface area contributed by atoms with E-state index in [1.165, 1.54) is 23.4 Å². The Labute approximate surface area is 172 Å². The fourth-order valence-corrected chi connectivity index (χ4v) is 4.34. The lowest BCUT2D eigenvalue weighted by atomic mass is 9.96. The topological polar surface area (TPSA) is 49.3 Å². The Hall–Kier alpha value is -2.34. The number of aromatic nitrogens is 2. The van der Waals surface area contributed by atoms with Crippen molar-refractivity contribution in [1.29, 1.82) is 0 Å². The molecule has 154 valence electrons.